The first-order valence-corrected chi connectivity index (χ1v) is 7.20. The van der Waals surface area contributed by atoms with Crippen molar-refractivity contribution >= 4 is 29.6 Å². The molecule has 0 aliphatic rings. The molecule has 0 amide bonds. The maximum atomic E-state index is 12.2. The third-order valence-corrected chi connectivity index (χ3v) is 3.36. The quantitative estimate of drug-likeness (QED) is 0.517. The number of rotatable bonds is 4. The van der Waals surface area contributed by atoms with Crippen LogP contribution in [0.1, 0.15) is 11.3 Å². The van der Waals surface area contributed by atoms with Crippen molar-refractivity contribution in [3.63, 3.8) is 0 Å². The van der Waals surface area contributed by atoms with Crippen LogP contribution in [0.4, 0.5) is 0 Å². The molecule has 0 radical (unpaired) electrons. The van der Waals surface area contributed by atoms with E-state index >= 15 is 0 Å². The molecule has 0 saturated carbocycles. The largest absolute Gasteiger partial charge is 0.411 e. The lowest BCUT2D eigenvalue weighted by molar-refractivity contribution is 0.322. The van der Waals surface area contributed by atoms with Crippen molar-refractivity contribution < 1.29 is 5.21 Å². The topological polar surface area (TPSA) is 70.4 Å². The van der Waals surface area contributed by atoms with Gasteiger partial charge in [-0.25, -0.2) is 4.68 Å². The van der Waals surface area contributed by atoms with Crippen molar-refractivity contribution in [3.05, 3.63) is 50.9 Å². The second kappa shape index (κ2) is 5.99. The maximum absolute atomic E-state index is 12.2. The summed E-state index contributed by atoms with van der Waals surface area (Å²) in [6.45, 7) is 0. The summed E-state index contributed by atoms with van der Waals surface area (Å²) in [5, 5.41) is 15.1. The molecule has 100 valence electrons. The number of nitrogens with one attached hydrogen (secondary N) is 1. The van der Waals surface area contributed by atoms with Gasteiger partial charge in [0.05, 0.1) is 23.2 Å². The van der Waals surface area contributed by atoms with Crippen LogP contribution < -0.4 is 5.56 Å². The Kier molecular flexibility index (Phi) is 4.34. The van der Waals surface area contributed by atoms with E-state index in [9.17, 15) is 4.79 Å². The summed E-state index contributed by atoms with van der Waals surface area (Å²) in [7, 11) is 0. The fourth-order valence-electron chi connectivity index (χ4n) is 1.74. The highest BCUT2D eigenvalue weighted by Gasteiger charge is 2.13. The highest BCUT2D eigenvalue weighted by Crippen LogP contribution is 2.15. The zero-order valence-corrected chi connectivity index (χ0v) is 11.7. The lowest BCUT2D eigenvalue weighted by atomic mass is 10.3. The Morgan fingerprint density at radius 3 is 3.00 bits per heavy atom. The van der Waals surface area contributed by atoms with Crippen molar-refractivity contribution in [1.82, 2.24) is 9.78 Å². The standard InChI is InChI=1S/C12H12ClN3O2S/c1-19-7-11-10(6-14-18)12(17)16(15-11)9-4-2-3-8(13)5-9/h2-6,15,18H,7H2,1H3. The highest BCUT2D eigenvalue weighted by atomic mass is 35.5. The minimum Gasteiger partial charge on any atom is -0.411 e. The molecule has 5 nitrogen and oxygen atoms in total. The molecule has 2 aromatic rings. The van der Waals surface area contributed by atoms with Crippen LogP contribution in [0.3, 0.4) is 0 Å². The predicted octanol–water partition coefficient (Wildman–Crippen LogP) is 2.49. The van der Waals surface area contributed by atoms with Crippen LogP contribution in [0.15, 0.2) is 34.2 Å². The van der Waals surface area contributed by atoms with Crippen molar-refractivity contribution in [3.8, 4) is 5.69 Å². The van der Waals surface area contributed by atoms with Gasteiger partial charge < -0.3 is 5.21 Å². The van der Waals surface area contributed by atoms with Gasteiger partial charge in [-0.2, -0.15) is 11.8 Å². The Morgan fingerprint density at radius 2 is 2.37 bits per heavy atom. The zero-order chi connectivity index (χ0) is 13.8. The third kappa shape index (κ3) is 2.85. The number of halogens is 1. The van der Waals surface area contributed by atoms with Gasteiger partial charge >= 0.3 is 0 Å². The maximum Gasteiger partial charge on any atom is 0.280 e. The molecule has 0 unspecified atom stereocenters. The number of hydrogen-bond acceptors (Lipinski definition) is 4. The Labute approximate surface area is 118 Å². The fraction of sp³-hybridized carbons (Fsp3) is 0.167. The van der Waals surface area contributed by atoms with Crippen LogP contribution in [0.5, 0.6) is 0 Å². The monoisotopic (exact) mass is 297 g/mol. The molecule has 0 bridgehead atoms. The van der Waals surface area contributed by atoms with Crippen LogP contribution in [0.2, 0.25) is 5.02 Å². The lowest BCUT2D eigenvalue weighted by Crippen LogP contribution is -2.17. The number of benzene rings is 1. The summed E-state index contributed by atoms with van der Waals surface area (Å²) in [4.78, 5) is 12.2. The van der Waals surface area contributed by atoms with Gasteiger partial charge in [0.15, 0.2) is 0 Å². The zero-order valence-electron chi connectivity index (χ0n) is 10.1. The first kappa shape index (κ1) is 13.8. The van der Waals surface area contributed by atoms with Gasteiger partial charge in [0.25, 0.3) is 5.56 Å². The van der Waals surface area contributed by atoms with Gasteiger partial charge in [0.2, 0.25) is 0 Å². The average Bonchev–Trinajstić information content (AvgIpc) is 2.69. The van der Waals surface area contributed by atoms with E-state index in [2.05, 4.69) is 10.3 Å². The molecule has 0 saturated heterocycles. The van der Waals surface area contributed by atoms with E-state index in [-0.39, 0.29) is 5.56 Å². The van der Waals surface area contributed by atoms with E-state index in [0.29, 0.717) is 27.7 Å². The minimum absolute atomic E-state index is 0.274. The molecule has 1 heterocycles. The van der Waals surface area contributed by atoms with E-state index < -0.39 is 0 Å². The average molecular weight is 298 g/mol. The number of H-pyrrole nitrogens is 1. The Morgan fingerprint density at radius 1 is 1.58 bits per heavy atom. The number of thioether (sulfide) groups is 1. The Bertz CT molecular complexity index is 663. The summed E-state index contributed by atoms with van der Waals surface area (Å²) in [6.07, 6.45) is 3.07. The van der Waals surface area contributed by atoms with Gasteiger partial charge in [-0.15, -0.1) is 0 Å². The molecule has 0 spiro atoms. The van der Waals surface area contributed by atoms with Crippen LogP contribution >= 0.6 is 23.4 Å². The minimum atomic E-state index is -0.274. The molecule has 2 N–H and O–H groups in total. The fourth-order valence-corrected chi connectivity index (χ4v) is 2.43. The van der Waals surface area contributed by atoms with Crippen molar-refractivity contribution in [2.45, 2.75) is 5.75 Å². The summed E-state index contributed by atoms with van der Waals surface area (Å²) < 4.78 is 1.38. The molecule has 2 rings (SSSR count). The Hall–Kier alpha value is -1.66. The molecular weight excluding hydrogens is 286 g/mol. The smallest absolute Gasteiger partial charge is 0.280 e. The van der Waals surface area contributed by atoms with Crippen LogP contribution in [-0.2, 0) is 5.75 Å². The van der Waals surface area contributed by atoms with Crippen molar-refractivity contribution in [1.29, 1.82) is 0 Å². The molecule has 19 heavy (non-hydrogen) atoms. The van der Waals surface area contributed by atoms with Crippen molar-refractivity contribution in [2.75, 3.05) is 6.26 Å². The van der Waals surface area contributed by atoms with E-state index in [4.69, 9.17) is 16.8 Å². The summed E-state index contributed by atoms with van der Waals surface area (Å²) >= 11 is 7.48. The third-order valence-electron chi connectivity index (χ3n) is 2.55. The lowest BCUT2D eigenvalue weighted by Gasteiger charge is -2.01. The number of hydrogen-bond donors (Lipinski definition) is 2. The highest BCUT2D eigenvalue weighted by molar-refractivity contribution is 7.97. The van der Waals surface area contributed by atoms with Crippen LogP contribution in [0.25, 0.3) is 5.69 Å². The van der Waals surface area contributed by atoms with Crippen LogP contribution in [0, 0.1) is 0 Å². The van der Waals surface area contributed by atoms with Gasteiger partial charge in [-0.1, -0.05) is 22.8 Å². The van der Waals surface area contributed by atoms with E-state index in [1.54, 1.807) is 36.0 Å². The summed E-state index contributed by atoms with van der Waals surface area (Å²) in [6, 6.07) is 6.95. The van der Waals surface area contributed by atoms with E-state index in [0.717, 1.165) is 6.21 Å². The number of nitrogens with zero attached hydrogens (tertiary/aromatic N) is 2. The first-order chi connectivity index (χ1) is 9.17. The second-order valence-corrected chi connectivity index (χ2v) is 5.10. The van der Waals surface area contributed by atoms with Gasteiger partial charge in [0.1, 0.15) is 0 Å². The molecule has 0 aliphatic carbocycles. The van der Waals surface area contributed by atoms with Gasteiger partial charge in [-0.3, -0.25) is 9.89 Å². The predicted molar refractivity (Wildman–Crippen MR) is 78.0 cm³/mol. The second-order valence-electron chi connectivity index (χ2n) is 3.80. The molecule has 0 atom stereocenters. The van der Waals surface area contributed by atoms with Gasteiger partial charge in [0, 0.05) is 10.8 Å². The van der Waals surface area contributed by atoms with Crippen LogP contribution in [-0.4, -0.2) is 27.5 Å². The van der Waals surface area contributed by atoms with E-state index in [1.165, 1.54) is 4.68 Å². The number of aromatic nitrogens is 2. The molecule has 1 aromatic heterocycles. The van der Waals surface area contributed by atoms with E-state index in [1.807, 2.05) is 6.26 Å². The molecular formula is C12H12ClN3O2S. The number of oxime groups is 1. The number of aromatic amines is 1. The summed E-state index contributed by atoms with van der Waals surface area (Å²) in [5.74, 6) is 0.615. The Balaban J connectivity index is 2.59. The molecule has 7 heteroatoms. The van der Waals surface area contributed by atoms with Gasteiger partial charge in [-0.05, 0) is 24.5 Å². The molecule has 0 fully saturated rings. The molecule has 1 aromatic carbocycles. The summed E-state index contributed by atoms with van der Waals surface area (Å²) in [5.41, 5.74) is 1.41. The normalized spacial score (nSPS) is 11.3. The SMILES string of the molecule is CSCc1[nH]n(-c2cccc(Cl)c2)c(=O)c1C=NO. The molecule has 0 aliphatic heterocycles. The van der Waals surface area contributed by atoms with Crippen molar-refractivity contribution in [2.24, 2.45) is 5.16 Å². The first-order valence-electron chi connectivity index (χ1n) is 5.43.